The third-order valence-electron chi connectivity index (χ3n) is 5.10. The highest BCUT2D eigenvalue weighted by Gasteiger charge is 2.32. The summed E-state index contributed by atoms with van der Waals surface area (Å²) in [7, 11) is 0. The number of Topliss-reactive ketones (excluding diaryl/α,β-unsaturated/α-hetero) is 1. The first-order valence-corrected chi connectivity index (χ1v) is 12.4. The van der Waals surface area contributed by atoms with Crippen LogP contribution in [-0.2, 0) is 9.63 Å². The molecule has 1 rings (SSSR count). The van der Waals surface area contributed by atoms with Crippen LogP contribution in [0.15, 0.2) is 16.3 Å². The number of ketones is 1. The molecule has 0 amide bonds. The Balaban J connectivity index is 3.02. The van der Waals surface area contributed by atoms with Gasteiger partial charge in [0.1, 0.15) is 0 Å². The highest BCUT2D eigenvalue weighted by Crippen LogP contribution is 2.32. The molecule has 1 N–H and O–H groups in total. The molecule has 1 fully saturated rings. The molecule has 0 aliphatic heterocycles. The van der Waals surface area contributed by atoms with Crippen molar-refractivity contribution >= 4 is 23.3 Å². The number of nitrogens with one attached hydrogen (secondary N) is 1. The maximum absolute atomic E-state index is 13.1. The van der Waals surface area contributed by atoms with Crippen molar-refractivity contribution in [2.24, 2.45) is 10.9 Å². The lowest BCUT2D eigenvalue weighted by atomic mass is 9.79. The maximum Gasteiger partial charge on any atom is 0.166 e. The molecular formula is C23H42N2O2S. The van der Waals surface area contributed by atoms with Gasteiger partial charge in [-0.2, -0.15) is 11.8 Å². The summed E-state index contributed by atoms with van der Waals surface area (Å²) in [5, 5.41) is 0.593. The number of nitrogens with zero attached hydrogens (tertiary/aromatic N) is 1. The van der Waals surface area contributed by atoms with Gasteiger partial charge in [-0.3, -0.25) is 20.1 Å². The zero-order valence-corrected chi connectivity index (χ0v) is 19.6. The molecule has 0 heterocycles. The van der Waals surface area contributed by atoms with Crippen LogP contribution in [0.3, 0.4) is 0 Å². The van der Waals surface area contributed by atoms with E-state index >= 15 is 0 Å². The van der Waals surface area contributed by atoms with Crippen molar-refractivity contribution in [2.75, 3.05) is 18.9 Å². The molecule has 1 saturated carbocycles. The third kappa shape index (κ3) is 9.13. The Morgan fingerprint density at radius 1 is 1.18 bits per heavy atom. The van der Waals surface area contributed by atoms with E-state index in [0.717, 1.165) is 61.4 Å². The molecule has 4 nitrogen and oxygen atoms in total. The van der Waals surface area contributed by atoms with Gasteiger partial charge in [0.15, 0.2) is 5.78 Å². The fourth-order valence-corrected chi connectivity index (χ4v) is 4.81. The number of hydroxylamine groups is 1. The number of allylic oxidation sites excluding steroid dienone is 2. The predicted molar refractivity (Wildman–Crippen MR) is 123 cm³/mol. The lowest BCUT2D eigenvalue weighted by Crippen LogP contribution is -2.32. The van der Waals surface area contributed by atoms with E-state index in [1.807, 2.05) is 18.7 Å². The Bertz CT molecular complexity index is 517. The molecule has 162 valence electrons. The van der Waals surface area contributed by atoms with Crippen LogP contribution in [0.2, 0.25) is 0 Å². The van der Waals surface area contributed by atoms with E-state index in [4.69, 9.17) is 9.83 Å². The van der Waals surface area contributed by atoms with Crippen LogP contribution in [0.4, 0.5) is 0 Å². The van der Waals surface area contributed by atoms with Crippen LogP contribution in [0, 0.1) is 5.92 Å². The first kappa shape index (κ1) is 25.2. The summed E-state index contributed by atoms with van der Waals surface area (Å²) < 4.78 is 0. The number of thioether (sulfide) groups is 1. The smallest absolute Gasteiger partial charge is 0.166 e. The normalized spacial score (nSPS) is 21.8. The quantitative estimate of drug-likeness (QED) is 0.213. The zero-order valence-electron chi connectivity index (χ0n) is 18.8. The number of hydrogen-bond acceptors (Lipinski definition) is 5. The van der Waals surface area contributed by atoms with Crippen molar-refractivity contribution in [3.63, 3.8) is 0 Å². The minimum Gasteiger partial charge on any atom is -0.294 e. The van der Waals surface area contributed by atoms with Crippen molar-refractivity contribution < 1.29 is 9.63 Å². The van der Waals surface area contributed by atoms with E-state index < -0.39 is 0 Å². The minimum absolute atomic E-state index is 0.243. The van der Waals surface area contributed by atoms with Crippen molar-refractivity contribution in [1.29, 1.82) is 0 Å². The molecular weight excluding hydrogens is 368 g/mol. The fourth-order valence-electron chi connectivity index (χ4n) is 3.84. The maximum atomic E-state index is 13.1. The summed E-state index contributed by atoms with van der Waals surface area (Å²) in [4.78, 5) is 23.5. The highest BCUT2D eigenvalue weighted by atomic mass is 32.2. The number of carbonyl (C=O) groups excluding carboxylic acids is 1. The second-order valence-electron chi connectivity index (χ2n) is 7.73. The Hall–Kier alpha value is -0.810. The van der Waals surface area contributed by atoms with Gasteiger partial charge >= 0.3 is 0 Å². The average molecular weight is 411 g/mol. The van der Waals surface area contributed by atoms with E-state index in [1.165, 1.54) is 19.3 Å². The van der Waals surface area contributed by atoms with E-state index in [1.54, 1.807) is 0 Å². The average Bonchev–Trinajstić information content (AvgIpc) is 2.65. The van der Waals surface area contributed by atoms with Gasteiger partial charge in [0.05, 0.1) is 17.9 Å². The largest absolute Gasteiger partial charge is 0.294 e. The molecule has 0 unspecified atom stereocenters. The molecule has 0 aromatic heterocycles. The van der Waals surface area contributed by atoms with E-state index in [-0.39, 0.29) is 5.78 Å². The Labute approximate surface area is 177 Å². The Morgan fingerprint density at radius 2 is 1.96 bits per heavy atom. The fraction of sp³-hybridized carbons (Fsp3) is 0.826. The standard InChI is InChI=1S/C23H42N2O2S/c1-6-10-11-12-14-24-21-16-19(15-18(5)28-9-4)17-22(26)23(21)20(13-7-2)25-27-8-3/h18-19,25H,6-17H2,1-5H3/t18-,19+/m1/s1. The van der Waals surface area contributed by atoms with Crippen LogP contribution in [0.5, 0.6) is 0 Å². The molecule has 1 aliphatic rings. The number of unbranched alkanes of at least 4 members (excludes halogenated alkanes) is 3. The Kier molecular flexibility index (Phi) is 13.6. The van der Waals surface area contributed by atoms with E-state index in [0.29, 0.717) is 24.2 Å². The van der Waals surface area contributed by atoms with Crippen LogP contribution in [-0.4, -0.2) is 35.6 Å². The monoisotopic (exact) mass is 410 g/mol. The first-order chi connectivity index (χ1) is 13.6. The first-order valence-electron chi connectivity index (χ1n) is 11.4. The summed E-state index contributed by atoms with van der Waals surface area (Å²) in [6.07, 6.45) is 9.26. The molecule has 0 saturated heterocycles. The summed E-state index contributed by atoms with van der Waals surface area (Å²) in [5.41, 5.74) is 5.82. The molecule has 5 heteroatoms. The molecule has 0 bridgehead atoms. The number of hydrogen-bond donors (Lipinski definition) is 1. The van der Waals surface area contributed by atoms with Gasteiger partial charge in [0.25, 0.3) is 0 Å². The van der Waals surface area contributed by atoms with Crippen LogP contribution < -0.4 is 5.48 Å². The second kappa shape index (κ2) is 15.1. The number of aliphatic imine (C=N–C) groups is 1. The van der Waals surface area contributed by atoms with Gasteiger partial charge in [-0.25, -0.2) is 0 Å². The van der Waals surface area contributed by atoms with Crippen LogP contribution >= 0.6 is 11.8 Å². The van der Waals surface area contributed by atoms with Crippen molar-refractivity contribution in [3.8, 4) is 0 Å². The van der Waals surface area contributed by atoms with Gasteiger partial charge in [-0.1, -0.05) is 53.4 Å². The third-order valence-corrected chi connectivity index (χ3v) is 6.19. The second-order valence-corrected chi connectivity index (χ2v) is 9.44. The molecule has 1 aliphatic carbocycles. The van der Waals surface area contributed by atoms with Crippen LogP contribution in [0.1, 0.15) is 92.4 Å². The zero-order chi connectivity index (χ0) is 20.8. The number of carbonyl (C=O) groups is 1. The lowest BCUT2D eigenvalue weighted by Gasteiger charge is -2.28. The highest BCUT2D eigenvalue weighted by molar-refractivity contribution is 7.99. The van der Waals surface area contributed by atoms with Gasteiger partial charge in [-0.15, -0.1) is 0 Å². The molecule has 2 atom stereocenters. The van der Waals surface area contributed by atoms with E-state index in [9.17, 15) is 4.79 Å². The van der Waals surface area contributed by atoms with Crippen LogP contribution in [0.25, 0.3) is 0 Å². The molecule has 0 aromatic rings. The summed E-state index contributed by atoms with van der Waals surface area (Å²) in [6, 6.07) is 0. The Morgan fingerprint density at radius 3 is 2.61 bits per heavy atom. The minimum atomic E-state index is 0.243. The predicted octanol–water partition coefficient (Wildman–Crippen LogP) is 6.11. The van der Waals surface area contributed by atoms with Crippen molar-refractivity contribution in [1.82, 2.24) is 5.48 Å². The van der Waals surface area contributed by atoms with Gasteiger partial charge in [0, 0.05) is 23.9 Å². The van der Waals surface area contributed by atoms with Gasteiger partial charge < -0.3 is 0 Å². The summed E-state index contributed by atoms with van der Waals surface area (Å²) in [6.45, 7) is 12.2. The topological polar surface area (TPSA) is 50.7 Å². The van der Waals surface area contributed by atoms with Crippen molar-refractivity contribution in [2.45, 2.75) is 97.7 Å². The van der Waals surface area contributed by atoms with Gasteiger partial charge in [0.2, 0.25) is 0 Å². The SMILES string of the molecule is CCCCCCN=C1C[C@H](C[C@@H](C)SCC)CC(=O)C1=C(CCC)NOCC. The van der Waals surface area contributed by atoms with E-state index in [2.05, 4.69) is 33.2 Å². The molecule has 0 spiro atoms. The molecule has 0 aromatic carbocycles. The molecule has 0 radical (unpaired) electrons. The number of rotatable bonds is 14. The van der Waals surface area contributed by atoms with Gasteiger partial charge in [-0.05, 0) is 44.3 Å². The summed E-state index contributed by atoms with van der Waals surface area (Å²) >= 11 is 1.99. The lowest BCUT2D eigenvalue weighted by molar-refractivity contribution is -0.116. The van der Waals surface area contributed by atoms with Crippen molar-refractivity contribution in [3.05, 3.63) is 11.3 Å². The molecule has 28 heavy (non-hydrogen) atoms. The summed E-state index contributed by atoms with van der Waals surface area (Å²) in [5.74, 6) is 1.78.